The molecule has 0 saturated carbocycles. The van der Waals surface area contributed by atoms with Crippen molar-refractivity contribution in [1.82, 2.24) is 9.55 Å². The molecule has 1 saturated heterocycles. The Labute approximate surface area is 166 Å². The predicted molar refractivity (Wildman–Crippen MR) is 105 cm³/mol. The van der Waals surface area contributed by atoms with Gasteiger partial charge in [0.1, 0.15) is 6.07 Å². The summed E-state index contributed by atoms with van der Waals surface area (Å²) in [5.41, 5.74) is 2.04. The lowest BCUT2D eigenvalue weighted by Gasteiger charge is -2.42. The molecule has 7 heteroatoms. The summed E-state index contributed by atoms with van der Waals surface area (Å²) >= 11 is 6.27. The second kappa shape index (κ2) is 6.54. The molecular weight excluding hydrogens is 376 g/mol. The molecule has 0 aliphatic carbocycles. The molecule has 1 fully saturated rings. The molecule has 4 heterocycles. The Morgan fingerprint density at radius 3 is 2.82 bits per heavy atom. The van der Waals surface area contributed by atoms with E-state index in [9.17, 15) is 10.1 Å². The third kappa shape index (κ3) is 2.71. The van der Waals surface area contributed by atoms with Crippen molar-refractivity contribution < 1.29 is 4.42 Å². The number of piperidine rings is 1. The highest BCUT2D eigenvalue weighted by molar-refractivity contribution is 6.33. The van der Waals surface area contributed by atoms with Crippen molar-refractivity contribution in [1.29, 1.82) is 5.26 Å². The molecule has 2 aliphatic rings. The lowest BCUT2D eigenvalue weighted by molar-refractivity contribution is 0.275. The number of nitrogens with zero attached hydrogens (tertiary/aromatic N) is 4. The largest absolute Gasteiger partial charge is 0.419 e. The first-order chi connectivity index (χ1) is 13.6. The van der Waals surface area contributed by atoms with Gasteiger partial charge in [0.05, 0.1) is 10.6 Å². The van der Waals surface area contributed by atoms with E-state index in [1.807, 2.05) is 34.9 Å². The normalized spacial score (nSPS) is 20.5. The van der Waals surface area contributed by atoms with Gasteiger partial charge in [-0.2, -0.15) is 10.2 Å². The second-order valence-electron chi connectivity index (χ2n) is 7.37. The van der Waals surface area contributed by atoms with E-state index >= 15 is 0 Å². The molecule has 6 nitrogen and oxygen atoms in total. The highest BCUT2D eigenvalue weighted by Crippen LogP contribution is 2.39. The van der Waals surface area contributed by atoms with E-state index in [2.05, 4.69) is 16.0 Å². The number of pyridine rings is 1. The number of fused-ring (bicyclic) bond motifs is 4. The number of rotatable bonds is 2. The fraction of sp³-hybridized carbons (Fsp3) is 0.286. The van der Waals surface area contributed by atoms with E-state index < -0.39 is 0 Å². The Bertz CT molecular complexity index is 1160. The second-order valence-corrected chi connectivity index (χ2v) is 7.77. The maximum Gasteiger partial charge on any atom is 0.250 e. The van der Waals surface area contributed by atoms with Gasteiger partial charge in [-0.05, 0) is 30.5 Å². The van der Waals surface area contributed by atoms with Crippen LogP contribution < -0.4 is 10.5 Å². The summed E-state index contributed by atoms with van der Waals surface area (Å²) in [5.74, 6) is 1.39. The smallest absolute Gasteiger partial charge is 0.250 e. The number of benzene rings is 1. The first kappa shape index (κ1) is 17.1. The topological polar surface area (TPSA) is 75.1 Å². The quantitative estimate of drug-likeness (QED) is 0.665. The van der Waals surface area contributed by atoms with Crippen LogP contribution in [-0.2, 0) is 6.54 Å². The van der Waals surface area contributed by atoms with Crippen molar-refractivity contribution in [2.75, 3.05) is 18.0 Å². The van der Waals surface area contributed by atoms with E-state index in [0.29, 0.717) is 41.4 Å². The van der Waals surface area contributed by atoms with Crippen LogP contribution in [0.15, 0.2) is 51.7 Å². The maximum atomic E-state index is 12.2. The number of nitriles is 1. The number of halogens is 1. The van der Waals surface area contributed by atoms with Crippen LogP contribution in [0.1, 0.15) is 23.7 Å². The highest BCUT2D eigenvalue weighted by Gasteiger charge is 2.36. The van der Waals surface area contributed by atoms with Gasteiger partial charge in [0, 0.05) is 37.3 Å². The molecule has 140 valence electrons. The predicted octanol–water partition coefficient (Wildman–Crippen LogP) is 3.65. The van der Waals surface area contributed by atoms with Crippen LogP contribution in [0.3, 0.4) is 0 Å². The van der Waals surface area contributed by atoms with E-state index in [1.165, 1.54) is 0 Å². The molecule has 1 aromatic carbocycles. The van der Waals surface area contributed by atoms with Crippen molar-refractivity contribution in [3.63, 3.8) is 0 Å². The summed E-state index contributed by atoms with van der Waals surface area (Å²) in [5, 5.41) is 10.1. The number of hydrogen-bond acceptors (Lipinski definition) is 5. The first-order valence-corrected chi connectivity index (χ1v) is 9.62. The van der Waals surface area contributed by atoms with Crippen molar-refractivity contribution in [3.05, 3.63) is 69.2 Å². The first-order valence-electron chi connectivity index (χ1n) is 9.24. The van der Waals surface area contributed by atoms with Crippen molar-refractivity contribution in [3.8, 4) is 17.5 Å². The molecule has 2 atom stereocenters. The molecule has 3 aromatic rings. The highest BCUT2D eigenvalue weighted by atomic mass is 35.5. The molecule has 0 radical (unpaired) electrons. The minimum absolute atomic E-state index is 0.0547. The van der Waals surface area contributed by atoms with E-state index in [-0.39, 0.29) is 17.2 Å². The van der Waals surface area contributed by atoms with E-state index in [1.54, 1.807) is 12.1 Å². The average molecular weight is 393 g/mol. The molecule has 0 N–H and O–H groups in total. The number of anilines is 1. The van der Waals surface area contributed by atoms with Crippen LogP contribution in [0.25, 0.3) is 11.5 Å². The zero-order chi connectivity index (χ0) is 19.3. The monoisotopic (exact) mass is 392 g/mol. The Morgan fingerprint density at radius 1 is 1.14 bits per heavy atom. The summed E-state index contributed by atoms with van der Waals surface area (Å²) in [4.78, 5) is 18.7. The van der Waals surface area contributed by atoms with Crippen molar-refractivity contribution in [2.24, 2.45) is 5.92 Å². The summed E-state index contributed by atoms with van der Waals surface area (Å²) < 4.78 is 7.91. The van der Waals surface area contributed by atoms with Gasteiger partial charge in [0.2, 0.25) is 17.5 Å². The van der Waals surface area contributed by atoms with Gasteiger partial charge in [-0.3, -0.25) is 4.79 Å². The summed E-state index contributed by atoms with van der Waals surface area (Å²) in [7, 11) is 0. The van der Waals surface area contributed by atoms with E-state index in [4.69, 9.17) is 16.0 Å². The third-order valence-corrected chi connectivity index (χ3v) is 5.92. The molecule has 2 unspecified atom stereocenters. The lowest BCUT2D eigenvalue weighted by Crippen LogP contribution is -2.47. The van der Waals surface area contributed by atoms with Gasteiger partial charge in [0.15, 0.2) is 0 Å². The number of oxazole rings is 1. The minimum atomic E-state index is 0.0547. The van der Waals surface area contributed by atoms with Gasteiger partial charge < -0.3 is 13.9 Å². The fourth-order valence-corrected chi connectivity index (χ4v) is 4.63. The van der Waals surface area contributed by atoms with Crippen LogP contribution in [0.2, 0.25) is 5.02 Å². The molecule has 0 spiro atoms. The zero-order valence-electron chi connectivity index (χ0n) is 15.0. The van der Waals surface area contributed by atoms with Crippen LogP contribution >= 0.6 is 11.6 Å². The molecular formula is C21H17ClN4O2. The van der Waals surface area contributed by atoms with E-state index in [0.717, 1.165) is 18.7 Å². The molecule has 2 bridgehead atoms. The number of hydrogen-bond donors (Lipinski definition) is 0. The average Bonchev–Trinajstić information content (AvgIpc) is 3.13. The zero-order valence-corrected chi connectivity index (χ0v) is 15.8. The van der Waals surface area contributed by atoms with Crippen molar-refractivity contribution >= 4 is 17.5 Å². The Morgan fingerprint density at radius 2 is 2.00 bits per heavy atom. The number of aromatic nitrogens is 2. The molecule has 5 rings (SSSR count). The molecule has 2 aliphatic heterocycles. The van der Waals surface area contributed by atoms with Gasteiger partial charge in [-0.1, -0.05) is 29.8 Å². The van der Waals surface area contributed by atoms with Crippen LogP contribution in [0, 0.1) is 17.2 Å². The van der Waals surface area contributed by atoms with Gasteiger partial charge in [-0.15, -0.1) is 0 Å². The van der Waals surface area contributed by atoms with Gasteiger partial charge >= 0.3 is 0 Å². The lowest BCUT2D eigenvalue weighted by atomic mass is 9.83. The SMILES string of the molecule is N#Cc1nc(-c2ccccc2Cl)oc1N1CC2CC(C1)c1cccc(=O)n1C2. The fourth-order valence-electron chi connectivity index (χ4n) is 4.41. The van der Waals surface area contributed by atoms with Crippen LogP contribution in [0.5, 0.6) is 0 Å². The van der Waals surface area contributed by atoms with Gasteiger partial charge in [-0.25, -0.2) is 0 Å². The molecule has 28 heavy (non-hydrogen) atoms. The molecule has 0 amide bonds. The third-order valence-electron chi connectivity index (χ3n) is 5.59. The van der Waals surface area contributed by atoms with Crippen molar-refractivity contribution in [2.45, 2.75) is 18.9 Å². The summed E-state index contributed by atoms with van der Waals surface area (Å²) in [6.07, 6.45) is 1.04. The minimum Gasteiger partial charge on any atom is -0.419 e. The van der Waals surface area contributed by atoms with Crippen LogP contribution in [0.4, 0.5) is 5.88 Å². The Balaban J connectivity index is 1.52. The summed E-state index contributed by atoms with van der Waals surface area (Å²) in [6, 6.07) is 14.9. The maximum absolute atomic E-state index is 12.2. The summed E-state index contributed by atoms with van der Waals surface area (Å²) in [6.45, 7) is 2.10. The Kier molecular flexibility index (Phi) is 3.99. The van der Waals surface area contributed by atoms with Crippen LogP contribution in [-0.4, -0.2) is 22.6 Å². The molecule has 2 aromatic heterocycles. The van der Waals surface area contributed by atoms with Gasteiger partial charge in [0.25, 0.3) is 5.56 Å². The Hall–Kier alpha value is -3.04. The standard InChI is InChI=1S/C21H17ClN4O2/c22-16-5-2-1-4-15(16)20-24-17(9-23)21(28-20)25-10-13-8-14(12-25)18-6-3-7-19(27)26(18)11-13/h1-7,13-14H,8,10-12H2.